The van der Waals surface area contributed by atoms with Gasteiger partial charge < -0.3 is 24.0 Å². The van der Waals surface area contributed by atoms with Crippen molar-refractivity contribution in [1.82, 2.24) is 24.9 Å². The summed E-state index contributed by atoms with van der Waals surface area (Å²) < 4.78 is 11.8. The van der Waals surface area contributed by atoms with Gasteiger partial charge in [0.1, 0.15) is 12.4 Å². The van der Waals surface area contributed by atoms with Crippen molar-refractivity contribution in [1.29, 1.82) is 0 Å². The van der Waals surface area contributed by atoms with Crippen molar-refractivity contribution in [2.45, 2.75) is 51.1 Å². The molecule has 4 aliphatic rings. The Balaban J connectivity index is 1.05. The van der Waals surface area contributed by atoms with Crippen LogP contribution in [0.2, 0.25) is 5.02 Å². The SMILES string of the molecule is Cc1cc(/C=C/C(=O)N2CCN(c3nc(OCC45CCCN4CCC5)nc4c3CCN(c3cccc5cccc(Cl)c35)C4)CC2)on1. The number of anilines is 2. The Morgan fingerprint density at radius 3 is 2.55 bits per heavy atom. The maximum atomic E-state index is 13.0. The molecule has 0 aliphatic carbocycles. The van der Waals surface area contributed by atoms with Crippen LogP contribution in [0.3, 0.4) is 0 Å². The number of fused-ring (bicyclic) bond motifs is 3. The Kier molecular flexibility index (Phi) is 8.01. The minimum absolute atomic E-state index is 0.0335. The molecule has 47 heavy (non-hydrogen) atoms. The molecule has 8 rings (SSSR count). The Morgan fingerprint density at radius 2 is 1.79 bits per heavy atom. The molecule has 0 radical (unpaired) electrons. The molecule has 244 valence electrons. The van der Waals surface area contributed by atoms with Crippen molar-refractivity contribution >= 4 is 45.9 Å². The minimum Gasteiger partial charge on any atom is -0.461 e. The van der Waals surface area contributed by atoms with Crippen LogP contribution in [0.4, 0.5) is 11.5 Å². The van der Waals surface area contributed by atoms with E-state index < -0.39 is 0 Å². The molecule has 0 spiro atoms. The monoisotopic (exact) mass is 653 g/mol. The van der Waals surface area contributed by atoms with Crippen molar-refractivity contribution in [3.8, 4) is 6.01 Å². The second kappa shape index (κ2) is 12.5. The number of aromatic nitrogens is 3. The van der Waals surface area contributed by atoms with E-state index in [9.17, 15) is 4.79 Å². The molecule has 0 bridgehead atoms. The first-order valence-corrected chi connectivity index (χ1v) is 17.2. The average Bonchev–Trinajstić information content (AvgIpc) is 3.81. The third kappa shape index (κ3) is 5.82. The fourth-order valence-corrected chi connectivity index (χ4v) is 8.26. The van der Waals surface area contributed by atoms with Crippen LogP contribution in [0, 0.1) is 6.92 Å². The Bertz CT molecular complexity index is 1820. The molecule has 2 aromatic heterocycles. The van der Waals surface area contributed by atoms with Gasteiger partial charge >= 0.3 is 6.01 Å². The lowest BCUT2D eigenvalue weighted by Gasteiger charge is -2.38. The maximum Gasteiger partial charge on any atom is 0.318 e. The zero-order valence-electron chi connectivity index (χ0n) is 26.8. The van der Waals surface area contributed by atoms with E-state index in [1.807, 2.05) is 30.0 Å². The van der Waals surface area contributed by atoms with Crippen LogP contribution in [-0.2, 0) is 17.8 Å². The Labute approximate surface area is 279 Å². The zero-order valence-corrected chi connectivity index (χ0v) is 27.6. The lowest BCUT2D eigenvalue weighted by molar-refractivity contribution is -0.126. The predicted molar refractivity (Wildman–Crippen MR) is 183 cm³/mol. The van der Waals surface area contributed by atoms with Gasteiger partial charge in [-0.1, -0.05) is 41.0 Å². The quantitative estimate of drug-likeness (QED) is 0.240. The first-order valence-electron chi connectivity index (χ1n) is 16.8. The first-order chi connectivity index (χ1) is 23.0. The van der Waals surface area contributed by atoms with Crippen LogP contribution in [0.15, 0.2) is 53.1 Å². The zero-order chi connectivity index (χ0) is 32.0. The molecule has 10 nitrogen and oxygen atoms in total. The standard InChI is InChI=1S/C36H40ClN7O3/c1-25-22-27(47-40-25)10-11-32(45)41-18-20-42(21-19-41)34-28-12-17-43(31-9-3-7-26-6-2-8-29(37)33(26)31)23-30(28)38-35(39-34)46-24-36-13-4-15-44(36)16-5-14-36/h2-3,6-11,22H,4-5,12-21,23-24H2,1H3/b11-10+. The number of piperazine rings is 1. The molecule has 2 aromatic carbocycles. The summed E-state index contributed by atoms with van der Waals surface area (Å²) in [6.07, 6.45) is 8.83. The topological polar surface area (TPSA) is 91.1 Å². The van der Waals surface area contributed by atoms with E-state index in [-0.39, 0.29) is 11.4 Å². The lowest BCUT2D eigenvalue weighted by Crippen LogP contribution is -2.49. The molecule has 0 N–H and O–H groups in total. The van der Waals surface area contributed by atoms with Crippen molar-refractivity contribution in [2.24, 2.45) is 0 Å². The van der Waals surface area contributed by atoms with Gasteiger partial charge in [0.25, 0.3) is 0 Å². The molecule has 6 heterocycles. The fourth-order valence-electron chi connectivity index (χ4n) is 7.98. The number of halogens is 1. The van der Waals surface area contributed by atoms with E-state index in [1.165, 1.54) is 31.2 Å². The lowest BCUT2D eigenvalue weighted by atomic mass is 9.95. The molecule has 3 fully saturated rings. The van der Waals surface area contributed by atoms with Gasteiger partial charge in [0.2, 0.25) is 5.91 Å². The van der Waals surface area contributed by atoms with Crippen LogP contribution in [0.25, 0.3) is 16.8 Å². The van der Waals surface area contributed by atoms with Crippen molar-refractivity contribution in [2.75, 3.05) is 62.2 Å². The maximum absolute atomic E-state index is 13.0. The van der Waals surface area contributed by atoms with Gasteiger partial charge in [-0.25, -0.2) is 0 Å². The molecule has 0 atom stereocenters. The second-order valence-corrected chi connectivity index (χ2v) is 13.7. The summed E-state index contributed by atoms with van der Waals surface area (Å²) in [5, 5.41) is 6.85. The molecule has 1 amide bonds. The molecule has 4 aromatic rings. The van der Waals surface area contributed by atoms with Crippen LogP contribution in [0.1, 0.15) is 48.4 Å². The third-order valence-electron chi connectivity index (χ3n) is 10.4. The number of carbonyl (C=O) groups excluding carboxylic acids is 1. The van der Waals surface area contributed by atoms with E-state index >= 15 is 0 Å². The molecule has 4 aliphatic heterocycles. The number of hydrogen-bond acceptors (Lipinski definition) is 9. The number of carbonyl (C=O) groups is 1. The van der Waals surface area contributed by atoms with Crippen LogP contribution >= 0.6 is 11.6 Å². The Morgan fingerprint density at radius 1 is 1.00 bits per heavy atom. The fraction of sp³-hybridized carbons (Fsp3) is 0.444. The molecule has 0 unspecified atom stereocenters. The summed E-state index contributed by atoms with van der Waals surface area (Å²) in [5.74, 6) is 1.48. The molecule has 11 heteroatoms. The summed E-state index contributed by atoms with van der Waals surface area (Å²) in [4.78, 5) is 32.3. The number of rotatable bonds is 7. The minimum atomic E-state index is -0.0335. The van der Waals surface area contributed by atoms with E-state index in [1.54, 1.807) is 12.2 Å². The van der Waals surface area contributed by atoms with Gasteiger partial charge in [-0.05, 0) is 75.7 Å². The molecular weight excluding hydrogens is 614 g/mol. The smallest absolute Gasteiger partial charge is 0.318 e. The van der Waals surface area contributed by atoms with Gasteiger partial charge in [-0.15, -0.1) is 0 Å². The van der Waals surface area contributed by atoms with Crippen LogP contribution in [0.5, 0.6) is 6.01 Å². The second-order valence-electron chi connectivity index (χ2n) is 13.3. The highest BCUT2D eigenvalue weighted by molar-refractivity contribution is 6.36. The number of benzene rings is 2. The Hall–Kier alpha value is -4.15. The van der Waals surface area contributed by atoms with Crippen molar-refractivity contribution < 1.29 is 14.1 Å². The molecule has 3 saturated heterocycles. The number of hydrogen-bond donors (Lipinski definition) is 0. The number of ether oxygens (including phenoxy) is 1. The average molecular weight is 654 g/mol. The summed E-state index contributed by atoms with van der Waals surface area (Å²) >= 11 is 6.74. The van der Waals surface area contributed by atoms with Gasteiger partial charge in [0, 0.05) is 61.5 Å². The normalized spacial score (nSPS) is 19.5. The molecular formula is C36H40ClN7O3. The van der Waals surface area contributed by atoms with Crippen molar-refractivity contribution in [3.05, 3.63) is 76.3 Å². The summed E-state index contributed by atoms with van der Waals surface area (Å²) in [6, 6.07) is 14.7. The highest BCUT2D eigenvalue weighted by Crippen LogP contribution is 2.40. The summed E-state index contributed by atoms with van der Waals surface area (Å²) in [7, 11) is 0. The summed E-state index contributed by atoms with van der Waals surface area (Å²) in [5.41, 5.74) is 4.18. The predicted octanol–water partition coefficient (Wildman–Crippen LogP) is 5.51. The van der Waals surface area contributed by atoms with E-state index in [2.05, 4.69) is 44.1 Å². The van der Waals surface area contributed by atoms with Crippen LogP contribution in [-0.4, -0.2) is 88.8 Å². The number of amides is 1. The summed E-state index contributed by atoms with van der Waals surface area (Å²) in [6.45, 7) is 8.83. The van der Waals surface area contributed by atoms with Gasteiger partial charge in [-0.2, -0.15) is 9.97 Å². The number of nitrogens with zero attached hydrogens (tertiary/aromatic N) is 7. The van der Waals surface area contributed by atoms with E-state index in [0.717, 1.165) is 64.7 Å². The third-order valence-corrected chi connectivity index (χ3v) is 10.7. The van der Waals surface area contributed by atoms with Gasteiger partial charge in [-0.3, -0.25) is 9.69 Å². The van der Waals surface area contributed by atoms with E-state index in [4.69, 9.17) is 30.8 Å². The molecule has 0 saturated carbocycles. The highest BCUT2D eigenvalue weighted by atomic mass is 35.5. The van der Waals surface area contributed by atoms with Crippen LogP contribution < -0.4 is 14.5 Å². The van der Waals surface area contributed by atoms with Gasteiger partial charge in [0.15, 0.2) is 5.76 Å². The van der Waals surface area contributed by atoms with Crippen molar-refractivity contribution in [3.63, 3.8) is 0 Å². The van der Waals surface area contributed by atoms with Gasteiger partial charge in [0.05, 0.1) is 28.5 Å². The first kappa shape index (κ1) is 30.2. The van der Waals surface area contributed by atoms with E-state index in [0.29, 0.717) is 51.1 Å². The highest BCUT2D eigenvalue weighted by Gasteiger charge is 2.45. The number of aryl methyl sites for hydroxylation is 1. The largest absolute Gasteiger partial charge is 0.461 e.